The van der Waals surface area contributed by atoms with Crippen molar-refractivity contribution >= 4 is 23.5 Å². The van der Waals surface area contributed by atoms with Crippen LogP contribution < -0.4 is 10.6 Å². The van der Waals surface area contributed by atoms with E-state index in [1.54, 1.807) is 0 Å². The molecule has 2 N–H and O–H groups in total. The molecule has 0 aromatic heterocycles. The first kappa shape index (κ1) is 11.0. The van der Waals surface area contributed by atoms with E-state index in [4.69, 9.17) is 11.6 Å². The summed E-state index contributed by atoms with van der Waals surface area (Å²) in [4.78, 5) is 21.6. The summed E-state index contributed by atoms with van der Waals surface area (Å²) < 4.78 is 0. The van der Waals surface area contributed by atoms with Gasteiger partial charge in [-0.2, -0.15) is 0 Å². The van der Waals surface area contributed by atoms with Gasteiger partial charge < -0.3 is 5.32 Å². The molecule has 4 nitrogen and oxygen atoms in total. The van der Waals surface area contributed by atoms with Gasteiger partial charge in [-0.05, 0) is 6.92 Å². The maximum atomic E-state index is 10.8. The second-order valence-electron chi connectivity index (χ2n) is 2.10. The molecular formula is C7H11ClN2O2. The highest BCUT2D eigenvalue weighted by Crippen LogP contribution is 1.91. The van der Waals surface area contributed by atoms with E-state index in [9.17, 15) is 9.59 Å². The van der Waals surface area contributed by atoms with Gasteiger partial charge in [-0.3, -0.25) is 10.1 Å². The highest BCUT2D eigenvalue weighted by atomic mass is 35.5. The molecule has 0 fully saturated rings. The van der Waals surface area contributed by atoms with Gasteiger partial charge >= 0.3 is 6.03 Å². The fourth-order valence-corrected chi connectivity index (χ4v) is 0.475. The van der Waals surface area contributed by atoms with Crippen LogP contribution in [-0.4, -0.2) is 23.9 Å². The van der Waals surface area contributed by atoms with Crippen LogP contribution in [0.4, 0.5) is 4.79 Å². The van der Waals surface area contributed by atoms with Crippen LogP contribution in [0.2, 0.25) is 0 Å². The molecule has 0 aliphatic heterocycles. The van der Waals surface area contributed by atoms with Crippen molar-refractivity contribution in [2.24, 2.45) is 0 Å². The number of hydrogen-bond acceptors (Lipinski definition) is 2. The summed E-state index contributed by atoms with van der Waals surface area (Å²) in [7, 11) is 0. The number of imide groups is 1. The van der Waals surface area contributed by atoms with E-state index in [0.29, 0.717) is 6.54 Å². The summed E-state index contributed by atoms with van der Waals surface area (Å²) in [6.07, 6.45) is 1.51. The summed E-state index contributed by atoms with van der Waals surface area (Å²) in [5.41, 5.74) is 0. The maximum absolute atomic E-state index is 10.8. The van der Waals surface area contributed by atoms with Crippen molar-refractivity contribution in [2.45, 2.75) is 12.3 Å². The van der Waals surface area contributed by atoms with E-state index < -0.39 is 17.3 Å². The largest absolute Gasteiger partial charge is 0.334 e. The zero-order valence-electron chi connectivity index (χ0n) is 6.76. The molecule has 12 heavy (non-hydrogen) atoms. The van der Waals surface area contributed by atoms with E-state index in [1.165, 1.54) is 13.0 Å². The topological polar surface area (TPSA) is 58.2 Å². The van der Waals surface area contributed by atoms with Crippen molar-refractivity contribution in [3.05, 3.63) is 12.7 Å². The third-order valence-corrected chi connectivity index (χ3v) is 1.20. The summed E-state index contributed by atoms with van der Waals surface area (Å²) >= 11 is 5.39. The van der Waals surface area contributed by atoms with Gasteiger partial charge in [0.2, 0.25) is 5.91 Å². The Morgan fingerprint density at radius 2 is 2.25 bits per heavy atom. The summed E-state index contributed by atoms with van der Waals surface area (Å²) in [6.45, 7) is 5.19. The smallest absolute Gasteiger partial charge is 0.321 e. The quantitative estimate of drug-likeness (QED) is 0.507. The molecule has 0 saturated carbocycles. The average Bonchev–Trinajstić information content (AvgIpc) is 2.00. The molecule has 5 heteroatoms. The van der Waals surface area contributed by atoms with E-state index in [-0.39, 0.29) is 0 Å². The fourth-order valence-electron chi connectivity index (χ4n) is 0.420. The molecule has 0 unspecified atom stereocenters. The average molecular weight is 191 g/mol. The first-order valence-electron chi connectivity index (χ1n) is 3.41. The molecule has 0 rings (SSSR count). The van der Waals surface area contributed by atoms with Crippen molar-refractivity contribution in [1.29, 1.82) is 0 Å². The molecular weight excluding hydrogens is 180 g/mol. The van der Waals surface area contributed by atoms with Crippen molar-refractivity contribution in [3.8, 4) is 0 Å². The first-order valence-corrected chi connectivity index (χ1v) is 3.85. The van der Waals surface area contributed by atoms with Crippen LogP contribution in [0.25, 0.3) is 0 Å². The molecule has 0 bridgehead atoms. The number of nitrogens with one attached hydrogen (secondary N) is 2. The lowest BCUT2D eigenvalue weighted by molar-refractivity contribution is -0.119. The monoisotopic (exact) mass is 190 g/mol. The van der Waals surface area contributed by atoms with Crippen LogP contribution in [-0.2, 0) is 4.79 Å². The fraction of sp³-hybridized carbons (Fsp3) is 0.429. The van der Waals surface area contributed by atoms with Crippen molar-refractivity contribution in [3.63, 3.8) is 0 Å². The Bertz CT molecular complexity index is 192. The zero-order chi connectivity index (χ0) is 9.56. The summed E-state index contributed by atoms with van der Waals surface area (Å²) in [6, 6.07) is -0.563. The molecule has 3 amide bonds. The van der Waals surface area contributed by atoms with Crippen molar-refractivity contribution in [1.82, 2.24) is 10.6 Å². The van der Waals surface area contributed by atoms with Crippen LogP contribution in [0.15, 0.2) is 12.7 Å². The Morgan fingerprint density at radius 1 is 1.67 bits per heavy atom. The predicted octanol–water partition coefficient (Wildman–Crippen LogP) is 0.625. The third-order valence-electron chi connectivity index (χ3n) is 1.00. The minimum Gasteiger partial charge on any atom is -0.334 e. The predicted molar refractivity (Wildman–Crippen MR) is 47.1 cm³/mol. The summed E-state index contributed by atoms with van der Waals surface area (Å²) in [5.74, 6) is -0.516. The Hall–Kier alpha value is -1.03. The molecule has 0 aliphatic carbocycles. The lowest BCUT2D eigenvalue weighted by atomic mass is 10.4. The van der Waals surface area contributed by atoms with Crippen molar-refractivity contribution < 1.29 is 9.59 Å². The standard InChI is InChI=1S/C7H11ClN2O2/c1-3-4-9-7(12)10-6(11)5(2)8/h3,5H,1,4H2,2H3,(H2,9,10,11,12)/t5-/m0/s1. The molecule has 1 atom stereocenters. The Labute approximate surface area is 76.0 Å². The molecule has 0 aliphatic rings. The van der Waals surface area contributed by atoms with Gasteiger partial charge in [0.1, 0.15) is 5.38 Å². The molecule has 0 heterocycles. The number of rotatable bonds is 3. The van der Waals surface area contributed by atoms with E-state index >= 15 is 0 Å². The molecule has 0 radical (unpaired) electrons. The van der Waals surface area contributed by atoms with Gasteiger partial charge in [0.05, 0.1) is 0 Å². The minimum atomic E-state index is -0.709. The molecule has 0 aromatic carbocycles. The van der Waals surface area contributed by atoms with Crippen LogP contribution in [0, 0.1) is 0 Å². The number of carbonyl (C=O) groups is 2. The SMILES string of the molecule is C=CCNC(=O)NC(=O)[C@H](C)Cl. The van der Waals surface area contributed by atoms with Crippen LogP contribution in [0.3, 0.4) is 0 Å². The van der Waals surface area contributed by atoms with Gasteiger partial charge in [0.25, 0.3) is 0 Å². The number of halogens is 1. The van der Waals surface area contributed by atoms with Gasteiger partial charge in [0, 0.05) is 6.54 Å². The van der Waals surface area contributed by atoms with Crippen molar-refractivity contribution in [2.75, 3.05) is 6.54 Å². The Balaban J connectivity index is 3.69. The van der Waals surface area contributed by atoms with Crippen LogP contribution in [0.1, 0.15) is 6.92 Å². The van der Waals surface area contributed by atoms with Gasteiger partial charge in [-0.1, -0.05) is 6.08 Å². The molecule has 68 valence electrons. The Morgan fingerprint density at radius 3 is 2.67 bits per heavy atom. The lowest BCUT2D eigenvalue weighted by Crippen LogP contribution is -2.42. The normalized spacial score (nSPS) is 11.5. The molecule has 0 saturated heterocycles. The minimum absolute atomic E-state index is 0.315. The van der Waals surface area contributed by atoms with E-state index in [2.05, 4.69) is 11.9 Å². The number of carbonyl (C=O) groups excluding carboxylic acids is 2. The second kappa shape index (κ2) is 5.60. The zero-order valence-corrected chi connectivity index (χ0v) is 7.52. The number of alkyl halides is 1. The van der Waals surface area contributed by atoms with Gasteiger partial charge in [-0.25, -0.2) is 4.79 Å². The van der Waals surface area contributed by atoms with E-state index in [0.717, 1.165) is 0 Å². The number of urea groups is 1. The number of amides is 3. The second-order valence-corrected chi connectivity index (χ2v) is 2.76. The Kier molecular flexibility index (Phi) is 5.12. The van der Waals surface area contributed by atoms with Gasteiger partial charge in [-0.15, -0.1) is 18.2 Å². The van der Waals surface area contributed by atoms with Crippen LogP contribution in [0.5, 0.6) is 0 Å². The summed E-state index contributed by atoms with van der Waals surface area (Å²) in [5, 5.41) is 3.71. The lowest BCUT2D eigenvalue weighted by Gasteiger charge is -2.04. The molecule has 0 aromatic rings. The van der Waals surface area contributed by atoms with Crippen LogP contribution >= 0.6 is 11.6 Å². The third kappa shape index (κ3) is 4.73. The number of hydrogen-bond donors (Lipinski definition) is 2. The molecule has 0 spiro atoms. The van der Waals surface area contributed by atoms with Gasteiger partial charge in [0.15, 0.2) is 0 Å². The van der Waals surface area contributed by atoms with E-state index in [1.807, 2.05) is 5.32 Å². The first-order chi connectivity index (χ1) is 5.57. The highest BCUT2D eigenvalue weighted by Gasteiger charge is 2.11. The highest BCUT2D eigenvalue weighted by molar-refractivity contribution is 6.31. The maximum Gasteiger partial charge on any atom is 0.321 e.